The standard InChI is InChI=1S/C19H25N3O2/c1-20-19(23)10-16-12-21(14-17-6-4-8-22(17)13-16)11-15-5-3-7-18(9-15)24-2/h3-9,16H,10-14H2,1-2H3,(H,20,23). The molecule has 1 aromatic heterocycles. The summed E-state index contributed by atoms with van der Waals surface area (Å²) in [7, 11) is 3.39. The van der Waals surface area contributed by atoms with Crippen LogP contribution in [0.2, 0.25) is 0 Å². The van der Waals surface area contributed by atoms with E-state index in [1.54, 1.807) is 14.2 Å². The lowest BCUT2D eigenvalue weighted by molar-refractivity contribution is -0.121. The molecule has 1 unspecified atom stereocenters. The van der Waals surface area contributed by atoms with Gasteiger partial charge in [0.2, 0.25) is 5.91 Å². The molecule has 5 heteroatoms. The lowest BCUT2D eigenvalue weighted by atomic mass is 10.0. The Morgan fingerprint density at radius 1 is 1.29 bits per heavy atom. The van der Waals surface area contributed by atoms with Crippen molar-refractivity contribution in [1.29, 1.82) is 0 Å². The zero-order valence-electron chi connectivity index (χ0n) is 14.4. The van der Waals surface area contributed by atoms with E-state index in [0.717, 1.165) is 31.9 Å². The highest BCUT2D eigenvalue weighted by Gasteiger charge is 2.23. The van der Waals surface area contributed by atoms with Crippen LogP contribution in [0.1, 0.15) is 17.7 Å². The van der Waals surface area contributed by atoms with E-state index in [2.05, 4.69) is 45.2 Å². The molecule has 1 aliphatic heterocycles. The third-order valence-electron chi connectivity index (χ3n) is 4.57. The second-order valence-corrected chi connectivity index (χ2v) is 6.42. The van der Waals surface area contributed by atoms with E-state index in [9.17, 15) is 4.79 Å². The van der Waals surface area contributed by atoms with Crippen molar-refractivity contribution >= 4 is 5.91 Å². The normalized spacial score (nSPS) is 17.8. The predicted octanol–water partition coefficient (Wildman–Crippen LogP) is 2.26. The van der Waals surface area contributed by atoms with Crippen LogP contribution in [0.4, 0.5) is 0 Å². The van der Waals surface area contributed by atoms with Gasteiger partial charge in [-0.15, -0.1) is 0 Å². The van der Waals surface area contributed by atoms with Crippen LogP contribution in [0.25, 0.3) is 0 Å². The number of carbonyl (C=O) groups is 1. The van der Waals surface area contributed by atoms with Crippen molar-refractivity contribution in [1.82, 2.24) is 14.8 Å². The van der Waals surface area contributed by atoms with E-state index in [4.69, 9.17) is 4.74 Å². The molecule has 0 fully saturated rings. The van der Waals surface area contributed by atoms with Crippen LogP contribution in [0.5, 0.6) is 5.75 Å². The molecule has 5 nitrogen and oxygen atoms in total. The van der Waals surface area contributed by atoms with Crippen LogP contribution >= 0.6 is 0 Å². The number of ether oxygens (including phenoxy) is 1. The Bertz CT molecular complexity index is 695. The van der Waals surface area contributed by atoms with Gasteiger partial charge in [0.15, 0.2) is 0 Å². The Morgan fingerprint density at radius 3 is 2.96 bits per heavy atom. The maximum atomic E-state index is 11.8. The molecule has 0 aliphatic carbocycles. The molecular formula is C19H25N3O2. The summed E-state index contributed by atoms with van der Waals surface area (Å²) in [5, 5.41) is 2.75. The first-order valence-corrected chi connectivity index (χ1v) is 8.38. The SMILES string of the molecule is CNC(=O)CC1CN(Cc2cccc(OC)c2)Cc2cccn2C1. The first-order valence-electron chi connectivity index (χ1n) is 8.38. The Morgan fingerprint density at radius 2 is 2.17 bits per heavy atom. The number of aromatic nitrogens is 1. The number of rotatable bonds is 5. The van der Waals surface area contributed by atoms with E-state index in [-0.39, 0.29) is 5.91 Å². The molecular weight excluding hydrogens is 302 g/mol. The summed E-state index contributed by atoms with van der Waals surface area (Å²) in [6, 6.07) is 12.4. The van der Waals surface area contributed by atoms with Gasteiger partial charge in [-0.1, -0.05) is 12.1 Å². The highest BCUT2D eigenvalue weighted by molar-refractivity contribution is 5.75. The van der Waals surface area contributed by atoms with Crippen molar-refractivity contribution in [3.63, 3.8) is 0 Å². The van der Waals surface area contributed by atoms with E-state index >= 15 is 0 Å². The monoisotopic (exact) mass is 327 g/mol. The van der Waals surface area contributed by atoms with Crippen molar-refractivity contribution in [2.75, 3.05) is 20.7 Å². The van der Waals surface area contributed by atoms with Crippen LogP contribution in [-0.4, -0.2) is 36.1 Å². The fraction of sp³-hybridized carbons (Fsp3) is 0.421. The second kappa shape index (κ2) is 7.53. The van der Waals surface area contributed by atoms with Crippen LogP contribution < -0.4 is 10.1 Å². The second-order valence-electron chi connectivity index (χ2n) is 6.42. The Kier molecular flexibility index (Phi) is 5.20. The number of carbonyl (C=O) groups excluding carboxylic acids is 1. The van der Waals surface area contributed by atoms with Gasteiger partial charge in [0.05, 0.1) is 7.11 Å². The van der Waals surface area contributed by atoms with Crippen LogP contribution in [0.15, 0.2) is 42.6 Å². The predicted molar refractivity (Wildman–Crippen MR) is 93.7 cm³/mol. The Labute approximate surface area is 143 Å². The van der Waals surface area contributed by atoms with Crippen molar-refractivity contribution in [2.24, 2.45) is 5.92 Å². The summed E-state index contributed by atoms with van der Waals surface area (Å²) in [5.74, 6) is 1.30. The molecule has 1 aliphatic rings. The molecule has 3 rings (SSSR count). The molecule has 0 bridgehead atoms. The van der Waals surface area contributed by atoms with E-state index in [1.165, 1.54) is 11.3 Å². The zero-order valence-corrected chi connectivity index (χ0v) is 14.4. The largest absolute Gasteiger partial charge is 0.497 e. The van der Waals surface area contributed by atoms with Gasteiger partial charge in [-0.25, -0.2) is 0 Å². The number of benzene rings is 1. The zero-order chi connectivity index (χ0) is 16.9. The molecule has 1 aromatic carbocycles. The quantitative estimate of drug-likeness (QED) is 0.916. The number of methoxy groups -OCH3 is 1. The molecule has 0 radical (unpaired) electrons. The van der Waals surface area contributed by atoms with E-state index in [0.29, 0.717) is 12.3 Å². The van der Waals surface area contributed by atoms with Crippen molar-refractivity contribution < 1.29 is 9.53 Å². The smallest absolute Gasteiger partial charge is 0.220 e. The highest BCUT2D eigenvalue weighted by atomic mass is 16.5. The molecule has 0 spiro atoms. The molecule has 128 valence electrons. The first kappa shape index (κ1) is 16.6. The van der Waals surface area contributed by atoms with Crippen LogP contribution in [0, 0.1) is 5.92 Å². The van der Waals surface area contributed by atoms with Crippen LogP contribution in [0.3, 0.4) is 0 Å². The fourth-order valence-corrected chi connectivity index (χ4v) is 3.41. The van der Waals surface area contributed by atoms with Gasteiger partial charge >= 0.3 is 0 Å². The van der Waals surface area contributed by atoms with Gasteiger partial charge in [-0.2, -0.15) is 0 Å². The van der Waals surface area contributed by atoms with Gasteiger partial charge in [0, 0.05) is 51.5 Å². The topological polar surface area (TPSA) is 46.5 Å². The lowest BCUT2D eigenvalue weighted by Gasteiger charge is -2.24. The molecule has 1 N–H and O–H groups in total. The minimum Gasteiger partial charge on any atom is -0.497 e. The third-order valence-corrected chi connectivity index (χ3v) is 4.57. The van der Waals surface area contributed by atoms with E-state index in [1.807, 2.05) is 12.1 Å². The first-order chi connectivity index (χ1) is 11.7. The van der Waals surface area contributed by atoms with Gasteiger partial charge in [0.1, 0.15) is 5.75 Å². The molecule has 2 aromatic rings. The maximum Gasteiger partial charge on any atom is 0.220 e. The van der Waals surface area contributed by atoms with E-state index < -0.39 is 0 Å². The number of nitrogens with one attached hydrogen (secondary N) is 1. The molecule has 1 atom stereocenters. The van der Waals surface area contributed by atoms with Crippen molar-refractivity contribution in [3.8, 4) is 5.75 Å². The minimum atomic E-state index is 0.108. The molecule has 0 saturated carbocycles. The Hall–Kier alpha value is -2.27. The molecule has 2 heterocycles. The number of nitrogens with zero attached hydrogens (tertiary/aromatic N) is 2. The molecule has 24 heavy (non-hydrogen) atoms. The van der Waals surface area contributed by atoms with Gasteiger partial charge in [-0.05, 0) is 35.7 Å². The third kappa shape index (κ3) is 3.97. The van der Waals surface area contributed by atoms with Crippen molar-refractivity contribution in [2.45, 2.75) is 26.1 Å². The number of hydrogen-bond acceptors (Lipinski definition) is 3. The van der Waals surface area contributed by atoms with Gasteiger partial charge < -0.3 is 14.6 Å². The molecule has 0 saturated heterocycles. The summed E-state index contributed by atoms with van der Waals surface area (Å²) in [6.07, 6.45) is 2.67. The fourth-order valence-electron chi connectivity index (χ4n) is 3.41. The summed E-state index contributed by atoms with van der Waals surface area (Å²) in [4.78, 5) is 14.3. The van der Waals surface area contributed by atoms with Gasteiger partial charge in [-0.3, -0.25) is 9.69 Å². The van der Waals surface area contributed by atoms with Gasteiger partial charge in [0.25, 0.3) is 0 Å². The number of amides is 1. The molecule has 1 amide bonds. The maximum absolute atomic E-state index is 11.8. The average Bonchev–Trinajstić information content (AvgIpc) is 2.94. The van der Waals surface area contributed by atoms with Crippen molar-refractivity contribution in [3.05, 3.63) is 53.9 Å². The summed E-state index contributed by atoms with van der Waals surface area (Å²) in [6.45, 7) is 3.55. The lowest BCUT2D eigenvalue weighted by Crippen LogP contribution is -2.31. The average molecular weight is 327 g/mol. The minimum absolute atomic E-state index is 0.108. The summed E-state index contributed by atoms with van der Waals surface area (Å²) in [5.41, 5.74) is 2.53. The van der Waals surface area contributed by atoms with Crippen LogP contribution in [-0.2, 0) is 24.4 Å². The Balaban J connectivity index is 1.77. The summed E-state index contributed by atoms with van der Waals surface area (Å²) < 4.78 is 7.60. The highest BCUT2D eigenvalue weighted by Crippen LogP contribution is 2.22. The number of hydrogen-bond donors (Lipinski definition) is 1. The summed E-state index contributed by atoms with van der Waals surface area (Å²) >= 11 is 0. The number of fused-ring (bicyclic) bond motifs is 1.